The topological polar surface area (TPSA) is 146 Å². The van der Waals surface area contributed by atoms with Crippen LogP contribution in [0.25, 0.3) is 0 Å². The van der Waals surface area contributed by atoms with Crippen molar-refractivity contribution in [3.8, 4) is 0 Å². The Kier molecular flexibility index (Phi) is 34.8. The average Bonchev–Trinajstić information content (AvgIpc) is 3.09. The normalized spacial score (nSPS) is 11.5. The minimum atomic E-state index is -1.26. The molecule has 0 heterocycles. The Morgan fingerprint density at radius 3 is 1.22 bits per heavy atom. The van der Waals surface area contributed by atoms with Crippen LogP contribution in [0.15, 0.2) is 0 Å². The first-order valence-corrected chi connectivity index (χ1v) is 21.4. The van der Waals surface area contributed by atoms with Gasteiger partial charge in [0.25, 0.3) is 0 Å². The summed E-state index contributed by atoms with van der Waals surface area (Å²) in [5, 5.41) is 18.9. The number of unbranched alkanes of at least 4 members (excludes halogenated alkanes) is 18. The van der Waals surface area contributed by atoms with Gasteiger partial charge in [-0.2, -0.15) is 0 Å². The fourth-order valence-electron chi connectivity index (χ4n) is 5.27. The zero-order valence-electron chi connectivity index (χ0n) is 31.4. The number of carbonyl (C=O) groups is 4. The molecule has 0 radical (unpaired) electrons. The maximum absolute atomic E-state index is 12.8. The molecule has 0 atom stereocenters. The zero-order chi connectivity index (χ0) is 37.0. The molecular weight excluding hydrogens is 681 g/mol. The number of ether oxygens (including phenoxy) is 4. The third-order valence-electron chi connectivity index (χ3n) is 8.27. The lowest BCUT2D eigenvalue weighted by atomic mass is 10.1. The highest BCUT2D eigenvalue weighted by Gasteiger charge is 2.42. The molecule has 50 heavy (non-hydrogen) atoms. The van der Waals surface area contributed by atoms with Crippen molar-refractivity contribution < 1.29 is 48.3 Å². The molecule has 0 aliphatic heterocycles. The van der Waals surface area contributed by atoms with Crippen LogP contribution in [0.2, 0.25) is 0 Å². The van der Waals surface area contributed by atoms with E-state index in [0.717, 1.165) is 38.5 Å². The molecule has 0 amide bonds. The summed E-state index contributed by atoms with van der Waals surface area (Å²) in [6.45, 7) is 5.30. The van der Waals surface area contributed by atoms with Gasteiger partial charge in [0.2, 0.25) is 0 Å². The summed E-state index contributed by atoms with van der Waals surface area (Å²) in [7, 11) is 0. The molecular formula is C38H70O10S2. The summed E-state index contributed by atoms with van der Waals surface area (Å²) < 4.78 is 19.8. The van der Waals surface area contributed by atoms with Gasteiger partial charge >= 0.3 is 23.9 Å². The van der Waals surface area contributed by atoms with Gasteiger partial charge in [-0.25, -0.2) is 4.79 Å². The maximum Gasteiger partial charge on any atom is 0.330 e. The highest BCUT2D eigenvalue weighted by Crippen LogP contribution is 2.42. The standard InChI is InChI=1S/C38H70O10S2/c1-3-5-7-9-11-13-15-17-19-21-31-49-38(37(43)44,50-32-22-20-18-16-14-12-10-8-6-4-2)33-36(42)48-30-28-46-26-25-45-27-29-47-35(41)24-23-34(39)40/h3-33H2,1-2H3,(H,39,40)(H,43,44). The molecule has 12 heteroatoms. The molecule has 0 aliphatic carbocycles. The number of carboxylic acid groups (broad SMARTS) is 2. The van der Waals surface area contributed by atoms with Crippen molar-refractivity contribution in [3.63, 3.8) is 0 Å². The van der Waals surface area contributed by atoms with E-state index < -0.39 is 28.0 Å². The van der Waals surface area contributed by atoms with E-state index in [-0.39, 0.29) is 58.9 Å². The number of esters is 2. The molecule has 0 aromatic heterocycles. The first-order valence-electron chi connectivity index (χ1n) is 19.5. The van der Waals surface area contributed by atoms with Gasteiger partial charge < -0.3 is 29.2 Å². The van der Waals surface area contributed by atoms with Gasteiger partial charge in [0.1, 0.15) is 13.2 Å². The van der Waals surface area contributed by atoms with Crippen LogP contribution < -0.4 is 0 Å². The second-order valence-corrected chi connectivity index (χ2v) is 15.9. The summed E-state index contributed by atoms with van der Waals surface area (Å²) in [6.07, 6.45) is 23.7. The summed E-state index contributed by atoms with van der Waals surface area (Å²) in [5.74, 6) is -1.75. The number of hydrogen-bond acceptors (Lipinski definition) is 10. The molecule has 0 saturated carbocycles. The Morgan fingerprint density at radius 1 is 0.480 bits per heavy atom. The average molecular weight is 751 g/mol. The fraction of sp³-hybridized carbons (Fsp3) is 0.895. The van der Waals surface area contributed by atoms with Crippen LogP contribution in [0, 0.1) is 0 Å². The second-order valence-electron chi connectivity index (χ2n) is 12.9. The molecule has 0 aromatic carbocycles. The molecule has 294 valence electrons. The first-order chi connectivity index (χ1) is 24.3. The van der Waals surface area contributed by atoms with Gasteiger partial charge in [-0.15, -0.1) is 23.5 Å². The molecule has 2 N–H and O–H groups in total. The van der Waals surface area contributed by atoms with Crippen LogP contribution in [-0.4, -0.2) is 89.3 Å². The van der Waals surface area contributed by atoms with E-state index in [1.807, 2.05) is 0 Å². The van der Waals surface area contributed by atoms with Crippen LogP contribution in [-0.2, 0) is 38.1 Å². The van der Waals surface area contributed by atoms with Crippen molar-refractivity contribution >= 4 is 47.4 Å². The molecule has 0 fully saturated rings. The molecule has 10 nitrogen and oxygen atoms in total. The summed E-state index contributed by atoms with van der Waals surface area (Å²) in [6, 6.07) is 0. The number of carboxylic acids is 2. The minimum Gasteiger partial charge on any atom is -0.481 e. The smallest absolute Gasteiger partial charge is 0.330 e. The SMILES string of the molecule is CCCCCCCCCCCCSC(CC(=O)OCCOCCOCCOC(=O)CCC(=O)O)(SCCCCCCCCCCCC)C(=O)O. The number of thioether (sulfide) groups is 2. The summed E-state index contributed by atoms with van der Waals surface area (Å²) >= 11 is 2.77. The van der Waals surface area contributed by atoms with E-state index in [0.29, 0.717) is 11.5 Å². The zero-order valence-corrected chi connectivity index (χ0v) is 33.0. The summed E-state index contributed by atoms with van der Waals surface area (Å²) in [5.41, 5.74) is 0. The van der Waals surface area contributed by atoms with Crippen molar-refractivity contribution in [2.45, 2.75) is 166 Å². The van der Waals surface area contributed by atoms with Crippen molar-refractivity contribution in [3.05, 3.63) is 0 Å². The predicted octanol–water partition coefficient (Wildman–Crippen LogP) is 9.45. The number of hydrogen-bond donors (Lipinski definition) is 2. The van der Waals surface area contributed by atoms with Gasteiger partial charge in [0.05, 0.1) is 45.7 Å². The first kappa shape index (κ1) is 48.5. The molecule has 0 bridgehead atoms. The highest BCUT2D eigenvalue weighted by atomic mass is 32.2. The Balaban J connectivity index is 4.52. The number of aliphatic carboxylic acids is 2. The van der Waals surface area contributed by atoms with E-state index >= 15 is 0 Å². The summed E-state index contributed by atoms with van der Waals surface area (Å²) in [4.78, 5) is 47.4. The Hall–Kier alpha value is -1.50. The van der Waals surface area contributed by atoms with Crippen molar-refractivity contribution in [2.75, 3.05) is 51.1 Å². The number of rotatable bonds is 39. The van der Waals surface area contributed by atoms with Crippen LogP contribution in [0.1, 0.15) is 162 Å². The van der Waals surface area contributed by atoms with Gasteiger partial charge in [-0.05, 0) is 24.3 Å². The van der Waals surface area contributed by atoms with Crippen LogP contribution in [0.4, 0.5) is 0 Å². The Labute approximate surface area is 311 Å². The molecule has 0 aliphatic rings. The lowest BCUT2D eigenvalue weighted by molar-refractivity contribution is -0.149. The Morgan fingerprint density at radius 2 is 0.840 bits per heavy atom. The van der Waals surface area contributed by atoms with Crippen molar-refractivity contribution in [1.82, 2.24) is 0 Å². The third-order valence-corrected chi connectivity index (χ3v) is 11.5. The van der Waals surface area contributed by atoms with E-state index in [4.69, 9.17) is 24.1 Å². The van der Waals surface area contributed by atoms with E-state index in [1.54, 1.807) is 0 Å². The van der Waals surface area contributed by atoms with E-state index in [2.05, 4.69) is 13.8 Å². The Bertz CT molecular complexity index is 816. The molecule has 0 unspecified atom stereocenters. The van der Waals surface area contributed by atoms with Crippen LogP contribution >= 0.6 is 23.5 Å². The number of carbonyl (C=O) groups excluding carboxylic acids is 2. The molecule has 0 aromatic rings. The van der Waals surface area contributed by atoms with Crippen molar-refractivity contribution in [1.29, 1.82) is 0 Å². The lowest BCUT2D eigenvalue weighted by Crippen LogP contribution is -2.36. The van der Waals surface area contributed by atoms with Gasteiger partial charge in [-0.1, -0.05) is 129 Å². The monoisotopic (exact) mass is 750 g/mol. The lowest BCUT2D eigenvalue weighted by Gasteiger charge is -2.27. The van der Waals surface area contributed by atoms with Crippen LogP contribution in [0.5, 0.6) is 0 Å². The van der Waals surface area contributed by atoms with E-state index in [1.165, 1.54) is 113 Å². The van der Waals surface area contributed by atoms with Crippen LogP contribution in [0.3, 0.4) is 0 Å². The van der Waals surface area contributed by atoms with Gasteiger partial charge in [-0.3, -0.25) is 14.4 Å². The third kappa shape index (κ3) is 31.3. The van der Waals surface area contributed by atoms with Crippen molar-refractivity contribution in [2.24, 2.45) is 0 Å². The van der Waals surface area contributed by atoms with Gasteiger partial charge in [0, 0.05) is 0 Å². The molecule has 0 rings (SSSR count). The van der Waals surface area contributed by atoms with E-state index in [9.17, 15) is 24.3 Å². The maximum atomic E-state index is 12.8. The quantitative estimate of drug-likeness (QED) is 0.0351. The second kappa shape index (κ2) is 35.9. The molecule has 0 saturated heterocycles. The molecule has 0 spiro atoms. The minimum absolute atomic E-state index is 0.0158. The highest BCUT2D eigenvalue weighted by molar-refractivity contribution is 8.19. The predicted molar refractivity (Wildman–Crippen MR) is 204 cm³/mol. The van der Waals surface area contributed by atoms with Gasteiger partial charge in [0.15, 0.2) is 4.08 Å². The largest absolute Gasteiger partial charge is 0.481 e. The fourth-order valence-corrected chi connectivity index (χ4v) is 8.15.